The normalized spacial score (nSPS) is 13.7. The fraction of sp³-hybridized carbons (Fsp3) is 0.400. The number of benzene rings is 1. The van der Waals surface area contributed by atoms with Gasteiger partial charge in [-0.2, -0.15) is 0 Å². The number of hydrogen-bond acceptors (Lipinski definition) is 6. The molecule has 6 nitrogen and oxygen atoms in total. The van der Waals surface area contributed by atoms with E-state index in [0.29, 0.717) is 22.4 Å². The lowest BCUT2D eigenvalue weighted by molar-refractivity contribution is -0.111. The highest BCUT2D eigenvalue weighted by atomic mass is 32.1. The molecule has 0 atom stereocenters. The van der Waals surface area contributed by atoms with Gasteiger partial charge in [-0.05, 0) is 49.5 Å². The van der Waals surface area contributed by atoms with Gasteiger partial charge in [-0.15, -0.1) is 11.3 Å². The molecular weight excluding hydrogens is 364 g/mol. The van der Waals surface area contributed by atoms with Crippen LogP contribution in [0.4, 0.5) is 5.13 Å². The Morgan fingerprint density at radius 2 is 1.78 bits per heavy atom. The second-order valence-corrected chi connectivity index (χ2v) is 7.31. The van der Waals surface area contributed by atoms with Crippen molar-refractivity contribution in [1.29, 1.82) is 0 Å². The van der Waals surface area contributed by atoms with Gasteiger partial charge in [-0.3, -0.25) is 10.1 Å². The van der Waals surface area contributed by atoms with Gasteiger partial charge >= 0.3 is 0 Å². The van der Waals surface area contributed by atoms with Gasteiger partial charge in [0.15, 0.2) is 16.6 Å². The van der Waals surface area contributed by atoms with Crippen LogP contribution in [-0.2, 0) is 17.6 Å². The summed E-state index contributed by atoms with van der Waals surface area (Å²) in [7, 11) is 4.67. The zero-order valence-corrected chi connectivity index (χ0v) is 16.6. The number of carbonyl (C=O) groups is 1. The molecular formula is C20H24N2O4S. The van der Waals surface area contributed by atoms with Crippen LogP contribution < -0.4 is 19.5 Å². The molecule has 1 aromatic heterocycles. The molecule has 1 heterocycles. The highest BCUT2D eigenvalue weighted by Crippen LogP contribution is 2.38. The van der Waals surface area contributed by atoms with E-state index in [1.54, 1.807) is 50.9 Å². The molecule has 0 saturated heterocycles. The second-order valence-electron chi connectivity index (χ2n) is 6.23. The number of hydrogen-bond donors (Lipinski definition) is 1. The quantitative estimate of drug-likeness (QED) is 0.596. The Bertz CT molecular complexity index is 796. The predicted octanol–water partition coefficient (Wildman–Crippen LogP) is 4.09. The second kappa shape index (κ2) is 8.90. The Labute approximate surface area is 163 Å². The van der Waals surface area contributed by atoms with E-state index in [0.717, 1.165) is 24.1 Å². The topological polar surface area (TPSA) is 69.7 Å². The molecule has 0 spiro atoms. The van der Waals surface area contributed by atoms with Crippen molar-refractivity contribution in [3.05, 3.63) is 34.3 Å². The summed E-state index contributed by atoms with van der Waals surface area (Å²) in [5.41, 5.74) is 1.91. The smallest absolute Gasteiger partial charge is 0.250 e. The maximum Gasteiger partial charge on any atom is 0.250 e. The maximum atomic E-state index is 12.3. The SMILES string of the molecule is COc1cc(/C=C/C(=O)Nc2nc3c(s2)CCCCC3)cc(OC)c1OC. The van der Waals surface area contributed by atoms with Gasteiger partial charge in [-0.25, -0.2) is 4.98 Å². The highest BCUT2D eigenvalue weighted by molar-refractivity contribution is 7.15. The molecule has 3 rings (SSSR count). The molecule has 0 unspecified atom stereocenters. The van der Waals surface area contributed by atoms with E-state index < -0.39 is 0 Å². The van der Waals surface area contributed by atoms with Gasteiger partial charge in [0.05, 0.1) is 27.0 Å². The molecule has 1 N–H and O–H groups in total. The van der Waals surface area contributed by atoms with Crippen molar-refractivity contribution in [2.45, 2.75) is 32.1 Å². The molecule has 2 aromatic rings. The number of ether oxygens (including phenoxy) is 3. The number of thiazole rings is 1. The Balaban J connectivity index is 1.71. The fourth-order valence-electron chi connectivity index (χ4n) is 3.10. The minimum absolute atomic E-state index is 0.215. The first-order valence-corrected chi connectivity index (χ1v) is 9.74. The molecule has 1 aliphatic carbocycles. The summed E-state index contributed by atoms with van der Waals surface area (Å²) >= 11 is 1.58. The van der Waals surface area contributed by atoms with Crippen molar-refractivity contribution >= 4 is 28.5 Å². The summed E-state index contributed by atoms with van der Waals surface area (Å²) in [6.07, 6.45) is 8.87. The summed E-state index contributed by atoms with van der Waals surface area (Å²) in [5, 5.41) is 3.53. The molecule has 1 aliphatic rings. The predicted molar refractivity (Wildman–Crippen MR) is 107 cm³/mol. The Morgan fingerprint density at radius 3 is 2.44 bits per heavy atom. The lowest BCUT2D eigenvalue weighted by Crippen LogP contribution is -2.07. The third-order valence-corrected chi connectivity index (χ3v) is 5.51. The van der Waals surface area contributed by atoms with E-state index >= 15 is 0 Å². The van der Waals surface area contributed by atoms with Gasteiger partial charge in [0.25, 0.3) is 0 Å². The first-order chi connectivity index (χ1) is 13.1. The summed E-state index contributed by atoms with van der Waals surface area (Å²) in [6, 6.07) is 3.58. The fourth-order valence-corrected chi connectivity index (χ4v) is 4.15. The van der Waals surface area contributed by atoms with Crippen LogP contribution in [0.15, 0.2) is 18.2 Å². The lowest BCUT2D eigenvalue weighted by Gasteiger charge is -2.12. The number of carbonyl (C=O) groups excluding carboxylic acids is 1. The highest BCUT2D eigenvalue weighted by Gasteiger charge is 2.15. The van der Waals surface area contributed by atoms with Crippen molar-refractivity contribution in [2.75, 3.05) is 26.6 Å². The molecule has 0 aliphatic heterocycles. The summed E-state index contributed by atoms with van der Waals surface area (Å²) in [5.74, 6) is 1.39. The van der Waals surface area contributed by atoms with Crippen LogP contribution in [0.3, 0.4) is 0 Å². The van der Waals surface area contributed by atoms with Crippen LogP contribution in [-0.4, -0.2) is 32.2 Å². The van der Waals surface area contributed by atoms with Crippen LogP contribution in [0, 0.1) is 0 Å². The molecule has 0 fully saturated rings. The molecule has 1 aromatic carbocycles. The first kappa shape index (κ1) is 19.2. The first-order valence-electron chi connectivity index (χ1n) is 8.92. The molecule has 0 saturated carbocycles. The van der Waals surface area contributed by atoms with Crippen LogP contribution in [0.25, 0.3) is 6.08 Å². The summed E-state index contributed by atoms with van der Waals surface area (Å²) in [4.78, 5) is 18.2. The van der Waals surface area contributed by atoms with Crippen molar-refractivity contribution in [2.24, 2.45) is 0 Å². The summed E-state index contributed by atoms with van der Waals surface area (Å²) in [6.45, 7) is 0. The van der Waals surface area contributed by atoms with E-state index in [9.17, 15) is 4.79 Å². The summed E-state index contributed by atoms with van der Waals surface area (Å²) < 4.78 is 16.0. The van der Waals surface area contributed by atoms with E-state index in [2.05, 4.69) is 10.3 Å². The maximum absolute atomic E-state index is 12.3. The van der Waals surface area contributed by atoms with Crippen molar-refractivity contribution < 1.29 is 19.0 Å². The van der Waals surface area contributed by atoms with E-state index in [1.807, 2.05) is 0 Å². The number of amides is 1. The van der Waals surface area contributed by atoms with Gasteiger partial charge < -0.3 is 14.2 Å². The zero-order chi connectivity index (χ0) is 19.2. The molecule has 144 valence electrons. The molecule has 0 bridgehead atoms. The molecule has 0 radical (unpaired) electrons. The number of nitrogens with one attached hydrogen (secondary N) is 1. The molecule has 27 heavy (non-hydrogen) atoms. The standard InChI is InChI=1S/C20H24N2O4S/c1-24-15-11-13(12-16(25-2)19(15)26-3)9-10-18(23)22-20-21-14-7-5-4-6-8-17(14)27-20/h9-12H,4-8H2,1-3H3,(H,21,22,23)/b10-9+. The number of fused-ring (bicyclic) bond motifs is 1. The monoisotopic (exact) mass is 388 g/mol. The average Bonchev–Trinajstić information content (AvgIpc) is 2.93. The minimum atomic E-state index is -0.215. The zero-order valence-electron chi connectivity index (χ0n) is 15.8. The van der Waals surface area contributed by atoms with E-state index in [-0.39, 0.29) is 5.91 Å². The van der Waals surface area contributed by atoms with Gasteiger partial charge in [0.1, 0.15) is 0 Å². The van der Waals surface area contributed by atoms with Crippen LogP contribution >= 0.6 is 11.3 Å². The number of aromatic nitrogens is 1. The Kier molecular flexibility index (Phi) is 6.34. The largest absolute Gasteiger partial charge is 0.493 e. The van der Waals surface area contributed by atoms with E-state index in [4.69, 9.17) is 14.2 Å². The molecule has 1 amide bonds. The average molecular weight is 388 g/mol. The number of rotatable bonds is 6. The number of anilines is 1. The van der Waals surface area contributed by atoms with Gasteiger partial charge in [0, 0.05) is 11.0 Å². The van der Waals surface area contributed by atoms with Crippen LogP contribution in [0.5, 0.6) is 17.2 Å². The van der Waals surface area contributed by atoms with Crippen molar-refractivity contribution in [1.82, 2.24) is 4.98 Å². The lowest BCUT2D eigenvalue weighted by atomic mass is 10.1. The van der Waals surface area contributed by atoms with Crippen molar-refractivity contribution in [3.8, 4) is 17.2 Å². The van der Waals surface area contributed by atoms with Crippen molar-refractivity contribution in [3.63, 3.8) is 0 Å². The third kappa shape index (κ3) is 4.60. The van der Waals surface area contributed by atoms with Gasteiger partial charge in [0.2, 0.25) is 11.7 Å². The Morgan fingerprint density at radius 1 is 1.07 bits per heavy atom. The third-order valence-electron chi connectivity index (χ3n) is 4.44. The van der Waals surface area contributed by atoms with Gasteiger partial charge in [-0.1, -0.05) is 6.42 Å². The number of methoxy groups -OCH3 is 3. The van der Waals surface area contributed by atoms with Crippen LogP contribution in [0.1, 0.15) is 35.4 Å². The molecule has 7 heteroatoms. The van der Waals surface area contributed by atoms with Crippen LogP contribution in [0.2, 0.25) is 0 Å². The number of aryl methyl sites for hydroxylation is 2. The van der Waals surface area contributed by atoms with E-state index in [1.165, 1.54) is 30.2 Å². The minimum Gasteiger partial charge on any atom is -0.493 e. The Hall–Kier alpha value is -2.54. The number of nitrogens with zero attached hydrogens (tertiary/aromatic N) is 1.